The first kappa shape index (κ1) is 18.5. The van der Waals surface area contributed by atoms with Crippen LogP contribution in [0.15, 0.2) is 54.7 Å². The Morgan fingerprint density at radius 2 is 1.81 bits per heavy atom. The molecule has 0 saturated heterocycles. The lowest BCUT2D eigenvalue weighted by atomic mass is 10.1. The van der Waals surface area contributed by atoms with E-state index in [2.05, 4.69) is 10.3 Å². The first-order valence-electron chi connectivity index (χ1n) is 8.65. The molecule has 0 spiro atoms. The molecule has 1 aromatic heterocycles. The Morgan fingerprint density at radius 1 is 1.00 bits per heavy atom. The molecule has 0 bridgehead atoms. The molecule has 0 fully saturated rings. The van der Waals surface area contributed by atoms with E-state index in [1.165, 1.54) is 0 Å². The van der Waals surface area contributed by atoms with E-state index in [-0.39, 0.29) is 12.3 Å². The number of para-hydroxylation sites is 1. The normalized spacial score (nSPS) is 10.4. The second-order valence-corrected chi connectivity index (χ2v) is 5.90. The van der Waals surface area contributed by atoms with E-state index in [9.17, 15) is 4.79 Å². The molecule has 1 heterocycles. The van der Waals surface area contributed by atoms with Crippen molar-refractivity contribution in [2.75, 3.05) is 27.4 Å². The maximum Gasteiger partial charge on any atom is 0.224 e. The molecule has 0 saturated carbocycles. The maximum absolute atomic E-state index is 12.1. The van der Waals surface area contributed by atoms with Gasteiger partial charge in [-0.1, -0.05) is 24.3 Å². The minimum atomic E-state index is -0.0816. The van der Waals surface area contributed by atoms with Gasteiger partial charge in [-0.3, -0.25) is 9.78 Å². The summed E-state index contributed by atoms with van der Waals surface area (Å²) in [5, 5.41) is 3.88. The predicted molar refractivity (Wildman–Crippen MR) is 103 cm³/mol. The number of nitrogens with zero attached hydrogens (tertiary/aromatic N) is 1. The van der Waals surface area contributed by atoms with Gasteiger partial charge in [0.05, 0.1) is 27.2 Å². The number of benzene rings is 2. The number of carbonyl (C=O) groups excluding carboxylic acids is 1. The molecule has 0 aliphatic carbocycles. The van der Waals surface area contributed by atoms with E-state index in [1.54, 1.807) is 32.5 Å². The van der Waals surface area contributed by atoms with Crippen molar-refractivity contribution in [2.45, 2.75) is 6.42 Å². The van der Waals surface area contributed by atoms with Crippen LogP contribution in [0.4, 0.5) is 0 Å². The highest BCUT2D eigenvalue weighted by Crippen LogP contribution is 2.27. The van der Waals surface area contributed by atoms with Gasteiger partial charge in [-0.05, 0) is 29.8 Å². The van der Waals surface area contributed by atoms with Crippen molar-refractivity contribution in [3.8, 4) is 17.2 Å². The number of hydrogen-bond acceptors (Lipinski definition) is 5. The van der Waals surface area contributed by atoms with Crippen molar-refractivity contribution in [3.63, 3.8) is 0 Å². The summed E-state index contributed by atoms with van der Waals surface area (Å²) in [5.41, 5.74) is 1.67. The molecule has 1 amide bonds. The van der Waals surface area contributed by atoms with Crippen LogP contribution in [0.3, 0.4) is 0 Å². The molecule has 3 rings (SSSR count). The molecule has 0 atom stereocenters. The van der Waals surface area contributed by atoms with Gasteiger partial charge in [0.2, 0.25) is 5.91 Å². The van der Waals surface area contributed by atoms with E-state index in [1.807, 2.05) is 36.4 Å². The SMILES string of the molecule is COc1ccc(CC(=O)NCCOc2cccc3cccnc23)cc1OC. The van der Waals surface area contributed by atoms with Gasteiger partial charge >= 0.3 is 0 Å². The number of nitrogens with one attached hydrogen (secondary N) is 1. The summed E-state index contributed by atoms with van der Waals surface area (Å²) in [6.07, 6.45) is 2.00. The molecule has 6 nitrogen and oxygen atoms in total. The molecule has 0 radical (unpaired) electrons. The third kappa shape index (κ3) is 4.67. The van der Waals surface area contributed by atoms with Gasteiger partial charge in [-0.15, -0.1) is 0 Å². The molecular weight excluding hydrogens is 344 g/mol. The number of pyridine rings is 1. The van der Waals surface area contributed by atoms with Crippen LogP contribution in [0.1, 0.15) is 5.56 Å². The van der Waals surface area contributed by atoms with Gasteiger partial charge in [0, 0.05) is 11.6 Å². The lowest BCUT2D eigenvalue weighted by Gasteiger charge is -2.11. The molecule has 6 heteroatoms. The fourth-order valence-electron chi connectivity index (χ4n) is 2.78. The lowest BCUT2D eigenvalue weighted by Crippen LogP contribution is -2.29. The third-order valence-electron chi connectivity index (χ3n) is 4.09. The van der Waals surface area contributed by atoms with Crippen molar-refractivity contribution >= 4 is 16.8 Å². The zero-order valence-corrected chi connectivity index (χ0v) is 15.4. The average Bonchev–Trinajstić information content (AvgIpc) is 2.71. The predicted octanol–water partition coefficient (Wildman–Crippen LogP) is 2.99. The van der Waals surface area contributed by atoms with Crippen molar-refractivity contribution < 1.29 is 19.0 Å². The Bertz CT molecular complexity index is 922. The van der Waals surface area contributed by atoms with Crippen LogP contribution in [-0.4, -0.2) is 38.3 Å². The van der Waals surface area contributed by atoms with Crippen LogP contribution in [-0.2, 0) is 11.2 Å². The van der Waals surface area contributed by atoms with Gasteiger partial charge in [0.15, 0.2) is 11.5 Å². The van der Waals surface area contributed by atoms with Crippen LogP contribution in [0.2, 0.25) is 0 Å². The quantitative estimate of drug-likeness (QED) is 0.621. The summed E-state index contributed by atoms with van der Waals surface area (Å²) in [4.78, 5) is 16.5. The van der Waals surface area contributed by atoms with Gasteiger partial charge in [0.1, 0.15) is 17.9 Å². The van der Waals surface area contributed by atoms with Crippen LogP contribution in [0.25, 0.3) is 10.9 Å². The van der Waals surface area contributed by atoms with Gasteiger partial charge < -0.3 is 19.5 Å². The Morgan fingerprint density at radius 3 is 2.63 bits per heavy atom. The van der Waals surface area contributed by atoms with Crippen LogP contribution in [0, 0.1) is 0 Å². The third-order valence-corrected chi connectivity index (χ3v) is 4.09. The lowest BCUT2D eigenvalue weighted by molar-refractivity contribution is -0.120. The molecule has 0 unspecified atom stereocenters. The second-order valence-electron chi connectivity index (χ2n) is 5.90. The molecular formula is C21H22N2O4. The zero-order valence-electron chi connectivity index (χ0n) is 15.4. The summed E-state index contributed by atoms with van der Waals surface area (Å²) in [6.45, 7) is 0.780. The fourth-order valence-corrected chi connectivity index (χ4v) is 2.78. The molecule has 27 heavy (non-hydrogen) atoms. The van der Waals surface area contributed by atoms with Crippen molar-refractivity contribution in [1.82, 2.24) is 10.3 Å². The van der Waals surface area contributed by atoms with Gasteiger partial charge in [-0.25, -0.2) is 0 Å². The zero-order chi connectivity index (χ0) is 19.1. The van der Waals surface area contributed by atoms with E-state index in [0.717, 1.165) is 16.5 Å². The Kier molecular flexibility index (Phi) is 6.10. The molecule has 0 aliphatic rings. The number of fused-ring (bicyclic) bond motifs is 1. The van der Waals surface area contributed by atoms with E-state index in [4.69, 9.17) is 14.2 Å². The summed E-state index contributed by atoms with van der Waals surface area (Å²) >= 11 is 0. The highest BCUT2D eigenvalue weighted by Gasteiger charge is 2.08. The van der Waals surface area contributed by atoms with Crippen molar-refractivity contribution in [1.29, 1.82) is 0 Å². The van der Waals surface area contributed by atoms with E-state index in [0.29, 0.717) is 30.4 Å². The van der Waals surface area contributed by atoms with Crippen molar-refractivity contribution in [2.24, 2.45) is 0 Å². The number of methoxy groups -OCH3 is 2. The van der Waals surface area contributed by atoms with Crippen LogP contribution in [0.5, 0.6) is 17.2 Å². The number of ether oxygens (including phenoxy) is 3. The Hall–Kier alpha value is -3.28. The topological polar surface area (TPSA) is 69.7 Å². The minimum Gasteiger partial charge on any atom is -0.493 e. The highest BCUT2D eigenvalue weighted by molar-refractivity contribution is 5.84. The Labute approximate surface area is 158 Å². The van der Waals surface area contributed by atoms with Crippen molar-refractivity contribution in [3.05, 3.63) is 60.3 Å². The first-order chi connectivity index (χ1) is 13.2. The molecule has 2 aromatic carbocycles. The number of carbonyl (C=O) groups is 1. The van der Waals surface area contributed by atoms with E-state index >= 15 is 0 Å². The summed E-state index contributed by atoms with van der Waals surface area (Å²) < 4.78 is 16.2. The standard InChI is InChI=1S/C21H22N2O4/c1-25-17-9-8-15(13-19(17)26-2)14-20(24)22-11-12-27-18-7-3-5-16-6-4-10-23-21(16)18/h3-10,13H,11-12,14H2,1-2H3,(H,22,24). The smallest absolute Gasteiger partial charge is 0.224 e. The minimum absolute atomic E-state index is 0.0816. The summed E-state index contributed by atoms with van der Waals surface area (Å²) in [6, 6.07) is 15.1. The monoisotopic (exact) mass is 366 g/mol. The van der Waals surface area contributed by atoms with Crippen LogP contribution >= 0.6 is 0 Å². The summed E-state index contributed by atoms with van der Waals surface area (Å²) in [7, 11) is 3.15. The molecule has 140 valence electrons. The number of hydrogen-bond donors (Lipinski definition) is 1. The fraction of sp³-hybridized carbons (Fsp3) is 0.238. The second kappa shape index (κ2) is 8.89. The van der Waals surface area contributed by atoms with Gasteiger partial charge in [0.25, 0.3) is 0 Å². The largest absolute Gasteiger partial charge is 0.493 e. The average molecular weight is 366 g/mol. The Balaban J connectivity index is 1.50. The number of rotatable bonds is 8. The summed E-state index contributed by atoms with van der Waals surface area (Å²) in [5.74, 6) is 1.87. The first-order valence-corrected chi connectivity index (χ1v) is 8.65. The highest BCUT2D eigenvalue weighted by atomic mass is 16.5. The number of amides is 1. The van der Waals surface area contributed by atoms with Gasteiger partial charge in [-0.2, -0.15) is 0 Å². The number of aromatic nitrogens is 1. The molecule has 1 N–H and O–H groups in total. The van der Waals surface area contributed by atoms with Crippen LogP contribution < -0.4 is 19.5 Å². The maximum atomic E-state index is 12.1. The molecule has 0 aliphatic heterocycles. The molecule has 3 aromatic rings. The van der Waals surface area contributed by atoms with E-state index < -0.39 is 0 Å².